The number of nitro groups is 1. The van der Waals surface area contributed by atoms with Gasteiger partial charge in [-0.1, -0.05) is 23.8 Å². The van der Waals surface area contributed by atoms with Gasteiger partial charge in [0.05, 0.1) is 31.8 Å². The fourth-order valence-corrected chi connectivity index (χ4v) is 2.58. The van der Waals surface area contributed by atoms with Gasteiger partial charge in [0.2, 0.25) is 11.7 Å². The predicted molar refractivity (Wildman–Crippen MR) is 102 cm³/mol. The highest BCUT2D eigenvalue weighted by Gasteiger charge is 2.18. The Morgan fingerprint density at radius 2 is 1.89 bits per heavy atom. The average molecular weight is 371 g/mol. The van der Waals surface area contributed by atoms with Crippen molar-refractivity contribution < 1.29 is 19.2 Å². The summed E-state index contributed by atoms with van der Waals surface area (Å²) in [5.74, 6) is 0.123. The average Bonchev–Trinajstić information content (AvgIpc) is 2.63. The molecular formula is C19H21N3O5. The van der Waals surface area contributed by atoms with Crippen molar-refractivity contribution in [2.75, 3.05) is 14.2 Å². The molecule has 0 spiro atoms. The largest absolute Gasteiger partial charge is 0.496 e. The van der Waals surface area contributed by atoms with Crippen molar-refractivity contribution in [1.29, 1.82) is 0 Å². The number of carbonyl (C=O) groups excluding carboxylic acids is 1. The van der Waals surface area contributed by atoms with Crippen molar-refractivity contribution in [3.63, 3.8) is 0 Å². The first-order valence-electron chi connectivity index (χ1n) is 8.14. The molecule has 0 saturated carbocycles. The van der Waals surface area contributed by atoms with Crippen LogP contribution in [0.4, 0.5) is 5.69 Å². The molecular weight excluding hydrogens is 350 g/mol. The fraction of sp³-hybridized carbons (Fsp3) is 0.263. The Hall–Kier alpha value is -3.42. The minimum Gasteiger partial charge on any atom is -0.496 e. The van der Waals surface area contributed by atoms with E-state index in [4.69, 9.17) is 9.47 Å². The maximum atomic E-state index is 12.1. The van der Waals surface area contributed by atoms with Crippen molar-refractivity contribution >= 4 is 17.8 Å². The van der Waals surface area contributed by atoms with Crippen LogP contribution in [0.5, 0.6) is 11.5 Å². The van der Waals surface area contributed by atoms with E-state index in [-0.39, 0.29) is 23.8 Å². The van der Waals surface area contributed by atoms with E-state index in [9.17, 15) is 14.9 Å². The van der Waals surface area contributed by atoms with E-state index in [1.54, 1.807) is 0 Å². The van der Waals surface area contributed by atoms with E-state index in [2.05, 4.69) is 10.5 Å². The molecule has 8 nitrogen and oxygen atoms in total. The van der Waals surface area contributed by atoms with Crippen molar-refractivity contribution in [3.05, 3.63) is 62.7 Å². The third-order valence-electron chi connectivity index (χ3n) is 3.97. The van der Waals surface area contributed by atoms with Crippen LogP contribution in [0, 0.1) is 24.0 Å². The van der Waals surface area contributed by atoms with E-state index in [0.29, 0.717) is 11.3 Å². The van der Waals surface area contributed by atoms with Crippen LogP contribution in [0.15, 0.2) is 35.4 Å². The van der Waals surface area contributed by atoms with Crippen LogP contribution >= 0.6 is 0 Å². The molecule has 0 aromatic heterocycles. The van der Waals surface area contributed by atoms with Crippen molar-refractivity contribution in [2.24, 2.45) is 5.10 Å². The number of methoxy groups -OCH3 is 2. The summed E-state index contributed by atoms with van der Waals surface area (Å²) >= 11 is 0. The van der Waals surface area contributed by atoms with Gasteiger partial charge in [0.25, 0.3) is 0 Å². The van der Waals surface area contributed by atoms with Crippen LogP contribution in [0.2, 0.25) is 0 Å². The molecule has 1 amide bonds. The molecule has 0 saturated heterocycles. The highest BCUT2D eigenvalue weighted by atomic mass is 16.6. The molecule has 2 rings (SSSR count). The molecule has 0 aliphatic carbocycles. The molecule has 0 atom stereocenters. The highest BCUT2D eigenvalue weighted by Crippen LogP contribution is 2.33. The number of hydrazone groups is 1. The zero-order valence-electron chi connectivity index (χ0n) is 15.6. The number of nitro benzene ring substituents is 1. The van der Waals surface area contributed by atoms with Crippen LogP contribution in [0.1, 0.15) is 22.3 Å². The van der Waals surface area contributed by atoms with Crippen molar-refractivity contribution in [1.82, 2.24) is 5.43 Å². The van der Waals surface area contributed by atoms with Gasteiger partial charge in [-0.3, -0.25) is 14.9 Å². The Bertz CT molecular complexity index is 893. The number of ether oxygens (including phenoxy) is 2. The molecule has 1 N–H and O–H groups in total. The van der Waals surface area contributed by atoms with Crippen molar-refractivity contribution in [2.45, 2.75) is 20.3 Å². The summed E-state index contributed by atoms with van der Waals surface area (Å²) in [6, 6.07) is 8.53. The van der Waals surface area contributed by atoms with Crippen LogP contribution in [0.3, 0.4) is 0 Å². The number of nitrogens with zero attached hydrogens (tertiary/aromatic N) is 2. The van der Waals surface area contributed by atoms with E-state index >= 15 is 0 Å². The Kier molecular flexibility index (Phi) is 6.48. The van der Waals surface area contributed by atoms with E-state index < -0.39 is 4.92 Å². The van der Waals surface area contributed by atoms with Gasteiger partial charge < -0.3 is 9.47 Å². The number of hydrogen-bond donors (Lipinski definition) is 1. The molecule has 0 fully saturated rings. The minimum absolute atomic E-state index is 0.0767. The first-order chi connectivity index (χ1) is 12.8. The monoisotopic (exact) mass is 371 g/mol. The van der Waals surface area contributed by atoms with Gasteiger partial charge in [0, 0.05) is 17.7 Å². The summed E-state index contributed by atoms with van der Waals surface area (Å²) in [6.07, 6.45) is 1.48. The van der Waals surface area contributed by atoms with Crippen LogP contribution in [-0.2, 0) is 11.2 Å². The molecule has 0 unspecified atom stereocenters. The van der Waals surface area contributed by atoms with Gasteiger partial charge in [-0.25, -0.2) is 5.43 Å². The van der Waals surface area contributed by atoms with Crippen molar-refractivity contribution in [3.8, 4) is 11.5 Å². The Labute approximate surface area is 157 Å². The molecule has 2 aromatic carbocycles. The lowest BCUT2D eigenvalue weighted by Crippen LogP contribution is -2.20. The normalized spacial score (nSPS) is 10.7. The maximum absolute atomic E-state index is 12.1. The first-order valence-corrected chi connectivity index (χ1v) is 8.14. The van der Waals surface area contributed by atoms with Gasteiger partial charge in [-0.15, -0.1) is 0 Å². The summed E-state index contributed by atoms with van der Waals surface area (Å²) in [7, 11) is 2.76. The number of nitrogens with one attached hydrogen (secondary N) is 1. The summed E-state index contributed by atoms with van der Waals surface area (Å²) in [5, 5.41) is 15.0. The van der Waals surface area contributed by atoms with E-state index in [1.807, 2.05) is 32.0 Å². The van der Waals surface area contributed by atoms with Gasteiger partial charge in [0.15, 0.2) is 0 Å². The zero-order chi connectivity index (χ0) is 20.0. The molecule has 8 heteroatoms. The molecule has 2 aromatic rings. The van der Waals surface area contributed by atoms with Gasteiger partial charge >= 0.3 is 5.69 Å². The van der Waals surface area contributed by atoms with E-state index in [0.717, 1.165) is 16.7 Å². The Morgan fingerprint density at radius 1 is 1.19 bits per heavy atom. The Morgan fingerprint density at radius 3 is 2.48 bits per heavy atom. The number of aryl methyl sites for hydroxylation is 2. The lowest BCUT2D eigenvalue weighted by molar-refractivity contribution is -0.385. The lowest BCUT2D eigenvalue weighted by Gasteiger charge is -2.08. The second-order valence-electron chi connectivity index (χ2n) is 5.92. The zero-order valence-corrected chi connectivity index (χ0v) is 15.6. The first kappa shape index (κ1) is 19.9. The maximum Gasteiger partial charge on any atom is 0.311 e. The second-order valence-corrected chi connectivity index (χ2v) is 5.92. The number of amides is 1. The quantitative estimate of drug-likeness (QED) is 0.458. The third kappa shape index (κ3) is 5.04. The van der Waals surface area contributed by atoms with Crippen LogP contribution < -0.4 is 14.9 Å². The van der Waals surface area contributed by atoms with Gasteiger partial charge in [-0.05, 0) is 25.0 Å². The van der Waals surface area contributed by atoms with Crippen LogP contribution in [0.25, 0.3) is 0 Å². The summed E-state index contributed by atoms with van der Waals surface area (Å²) in [6.45, 7) is 3.93. The standard InChI is InChI=1S/C19H21N3O5/c1-12-5-6-14(13(2)7-12)9-19(23)21-20-11-15-8-16(22(24)25)18(27-4)10-17(15)26-3/h5-8,10-11H,9H2,1-4H3,(H,21,23)/b20-11+. The number of carbonyl (C=O) groups is 1. The summed E-state index contributed by atoms with van der Waals surface area (Å²) in [5.41, 5.74) is 5.61. The van der Waals surface area contributed by atoms with Gasteiger partial charge in [0.1, 0.15) is 5.75 Å². The second kappa shape index (κ2) is 8.79. The van der Waals surface area contributed by atoms with Gasteiger partial charge in [-0.2, -0.15) is 5.10 Å². The molecule has 0 radical (unpaired) electrons. The fourth-order valence-electron chi connectivity index (χ4n) is 2.58. The van der Waals surface area contributed by atoms with E-state index in [1.165, 1.54) is 32.6 Å². The Balaban J connectivity index is 2.13. The molecule has 0 heterocycles. The molecule has 0 aliphatic heterocycles. The smallest absolute Gasteiger partial charge is 0.311 e. The molecule has 27 heavy (non-hydrogen) atoms. The number of rotatable bonds is 7. The molecule has 0 aliphatic rings. The molecule has 0 bridgehead atoms. The summed E-state index contributed by atoms with van der Waals surface area (Å²) in [4.78, 5) is 22.7. The predicted octanol–water partition coefficient (Wildman–Crippen LogP) is 2.92. The number of hydrogen-bond acceptors (Lipinski definition) is 6. The van der Waals surface area contributed by atoms with Crippen LogP contribution in [-0.4, -0.2) is 31.3 Å². The topological polar surface area (TPSA) is 103 Å². The number of benzene rings is 2. The SMILES string of the molecule is COc1cc(OC)c([N+](=O)[O-])cc1/C=N/NC(=O)Cc1ccc(C)cc1C. The highest BCUT2D eigenvalue weighted by molar-refractivity contribution is 5.87. The summed E-state index contributed by atoms with van der Waals surface area (Å²) < 4.78 is 10.2. The lowest BCUT2D eigenvalue weighted by atomic mass is 10.0. The molecule has 142 valence electrons. The third-order valence-corrected chi connectivity index (χ3v) is 3.97. The minimum atomic E-state index is -0.561.